The predicted molar refractivity (Wildman–Crippen MR) is 118 cm³/mol. The molecule has 0 aliphatic carbocycles. The van der Waals surface area contributed by atoms with E-state index in [-0.39, 0.29) is 17.1 Å². The first-order chi connectivity index (χ1) is 14.6. The van der Waals surface area contributed by atoms with Crippen LogP contribution in [0.2, 0.25) is 0 Å². The van der Waals surface area contributed by atoms with Crippen molar-refractivity contribution in [2.24, 2.45) is 0 Å². The van der Waals surface area contributed by atoms with E-state index in [1.807, 2.05) is 0 Å². The molecule has 0 spiro atoms. The Morgan fingerprint density at radius 1 is 1.00 bits per heavy atom. The van der Waals surface area contributed by atoms with Gasteiger partial charge in [-0.2, -0.15) is 8.61 Å². The van der Waals surface area contributed by atoms with Crippen molar-refractivity contribution in [1.82, 2.24) is 8.61 Å². The number of rotatable bonds is 6. The third-order valence-corrected chi connectivity index (χ3v) is 9.00. The van der Waals surface area contributed by atoms with Gasteiger partial charge < -0.3 is 10.1 Å². The molecule has 3 rings (SSSR count). The topological polar surface area (TPSA) is 113 Å². The second-order valence-electron chi connectivity index (χ2n) is 8.05. The molecule has 2 heterocycles. The van der Waals surface area contributed by atoms with Crippen LogP contribution in [-0.4, -0.2) is 70.4 Å². The van der Waals surface area contributed by atoms with Gasteiger partial charge in [0.05, 0.1) is 23.9 Å². The Hall–Kier alpha value is -1.69. The maximum Gasteiger partial charge on any atom is 0.243 e. The molecule has 1 aromatic rings. The van der Waals surface area contributed by atoms with Gasteiger partial charge in [0.2, 0.25) is 26.0 Å². The number of amides is 1. The first kappa shape index (κ1) is 24.0. The summed E-state index contributed by atoms with van der Waals surface area (Å²) in [4.78, 5) is 13.0. The van der Waals surface area contributed by atoms with Crippen LogP contribution in [0.25, 0.3) is 0 Å². The highest BCUT2D eigenvalue weighted by atomic mass is 32.2. The molecule has 0 aromatic heterocycles. The fourth-order valence-electron chi connectivity index (χ4n) is 4.16. The normalized spacial score (nSPS) is 21.9. The smallest absolute Gasteiger partial charge is 0.243 e. The molecule has 0 bridgehead atoms. The lowest BCUT2D eigenvalue weighted by Gasteiger charge is -2.32. The van der Waals surface area contributed by atoms with Crippen LogP contribution in [0.1, 0.15) is 44.9 Å². The summed E-state index contributed by atoms with van der Waals surface area (Å²) in [5.74, 6) is -0.183. The van der Waals surface area contributed by atoms with Gasteiger partial charge in [-0.3, -0.25) is 4.79 Å². The number of nitrogens with zero attached hydrogens (tertiary/aromatic N) is 2. The summed E-state index contributed by atoms with van der Waals surface area (Å²) in [6, 6.07) is 3.54. The Labute approximate surface area is 184 Å². The maximum absolute atomic E-state index is 13.1. The van der Waals surface area contributed by atoms with Crippen molar-refractivity contribution in [1.29, 1.82) is 0 Å². The minimum Gasteiger partial charge on any atom is -0.495 e. The first-order valence-corrected chi connectivity index (χ1v) is 13.9. The average molecular weight is 474 g/mol. The number of ether oxygens (including phenoxy) is 1. The largest absolute Gasteiger partial charge is 0.495 e. The van der Waals surface area contributed by atoms with Crippen molar-refractivity contribution in [3.8, 4) is 5.75 Å². The molecule has 2 aliphatic rings. The standard InChI is InChI=1S/C20H31N3O6S2/c1-29-19-11-10-16(31(27,28)22-12-6-3-4-7-13-22)15-17(19)21-20(24)18-9-5-8-14-23(18)30(2,25)26/h10-11,15,18H,3-9,12-14H2,1-2H3,(H,21,24)/t18-/m0/s1. The number of methoxy groups -OCH3 is 1. The molecule has 2 aliphatic heterocycles. The Balaban J connectivity index is 1.87. The highest BCUT2D eigenvalue weighted by molar-refractivity contribution is 7.89. The molecule has 2 saturated heterocycles. The van der Waals surface area contributed by atoms with Gasteiger partial charge in [-0.05, 0) is 43.9 Å². The lowest BCUT2D eigenvalue weighted by Crippen LogP contribution is -2.49. The third kappa shape index (κ3) is 5.57. The Bertz CT molecular complexity index is 1000. The predicted octanol–water partition coefficient (Wildman–Crippen LogP) is 2.01. The molecule has 1 amide bonds. The van der Waals surface area contributed by atoms with Crippen LogP contribution in [0.5, 0.6) is 5.75 Å². The second kappa shape index (κ2) is 9.85. The van der Waals surface area contributed by atoms with E-state index < -0.39 is 32.0 Å². The summed E-state index contributed by atoms with van der Waals surface area (Å²) >= 11 is 0. The summed E-state index contributed by atoms with van der Waals surface area (Å²) in [7, 11) is -5.82. The number of sulfonamides is 2. The van der Waals surface area contributed by atoms with Gasteiger partial charge in [0.25, 0.3) is 0 Å². The number of benzene rings is 1. The van der Waals surface area contributed by atoms with E-state index in [4.69, 9.17) is 4.74 Å². The van der Waals surface area contributed by atoms with Crippen LogP contribution in [0, 0.1) is 0 Å². The molecule has 0 unspecified atom stereocenters. The highest BCUT2D eigenvalue weighted by Gasteiger charge is 2.35. The average Bonchev–Trinajstić information content (AvgIpc) is 3.03. The van der Waals surface area contributed by atoms with Crippen molar-refractivity contribution in [3.63, 3.8) is 0 Å². The molecule has 31 heavy (non-hydrogen) atoms. The third-order valence-electron chi connectivity index (χ3n) is 5.81. The van der Waals surface area contributed by atoms with Crippen LogP contribution in [0.15, 0.2) is 23.1 Å². The van der Waals surface area contributed by atoms with E-state index in [9.17, 15) is 21.6 Å². The number of carbonyl (C=O) groups excluding carboxylic acids is 1. The minimum atomic E-state index is -3.71. The van der Waals surface area contributed by atoms with Crippen LogP contribution in [-0.2, 0) is 24.8 Å². The fraction of sp³-hybridized carbons (Fsp3) is 0.650. The van der Waals surface area contributed by atoms with Gasteiger partial charge in [-0.15, -0.1) is 0 Å². The summed E-state index contributed by atoms with van der Waals surface area (Å²) in [6.07, 6.45) is 6.60. The molecule has 1 N–H and O–H groups in total. The van der Waals surface area contributed by atoms with Gasteiger partial charge in [-0.1, -0.05) is 19.3 Å². The van der Waals surface area contributed by atoms with Crippen molar-refractivity contribution >= 4 is 31.6 Å². The van der Waals surface area contributed by atoms with Crippen molar-refractivity contribution < 1.29 is 26.4 Å². The van der Waals surface area contributed by atoms with Crippen LogP contribution < -0.4 is 10.1 Å². The molecule has 1 aromatic carbocycles. The summed E-state index contributed by atoms with van der Waals surface area (Å²) in [5.41, 5.74) is 0.211. The fourth-order valence-corrected chi connectivity index (χ4v) is 6.82. The Morgan fingerprint density at radius 2 is 1.65 bits per heavy atom. The van der Waals surface area contributed by atoms with E-state index in [2.05, 4.69) is 5.32 Å². The van der Waals surface area contributed by atoms with Gasteiger partial charge in [0.1, 0.15) is 11.8 Å². The lowest BCUT2D eigenvalue weighted by atomic mass is 10.0. The molecule has 0 radical (unpaired) electrons. The molecule has 174 valence electrons. The molecular weight excluding hydrogens is 442 g/mol. The quantitative estimate of drug-likeness (QED) is 0.676. The first-order valence-electron chi connectivity index (χ1n) is 10.6. The Morgan fingerprint density at radius 3 is 2.26 bits per heavy atom. The number of nitrogens with one attached hydrogen (secondary N) is 1. The second-order valence-corrected chi connectivity index (χ2v) is 11.9. The van der Waals surface area contributed by atoms with E-state index in [0.717, 1.165) is 38.4 Å². The zero-order chi connectivity index (χ0) is 22.6. The summed E-state index contributed by atoms with van der Waals surface area (Å²) < 4.78 is 58.5. The van der Waals surface area contributed by atoms with Crippen LogP contribution in [0.3, 0.4) is 0 Å². The van der Waals surface area contributed by atoms with Gasteiger partial charge >= 0.3 is 0 Å². The highest BCUT2D eigenvalue weighted by Crippen LogP contribution is 2.31. The van der Waals surface area contributed by atoms with Crippen molar-refractivity contribution in [3.05, 3.63) is 18.2 Å². The molecule has 1 atom stereocenters. The number of hydrogen-bond donors (Lipinski definition) is 1. The zero-order valence-electron chi connectivity index (χ0n) is 18.0. The van der Waals surface area contributed by atoms with Crippen molar-refractivity contribution in [2.75, 3.05) is 38.3 Å². The van der Waals surface area contributed by atoms with E-state index in [1.165, 1.54) is 33.9 Å². The number of anilines is 1. The molecule has 0 saturated carbocycles. The summed E-state index contributed by atoms with van der Waals surface area (Å²) in [5, 5.41) is 2.71. The van der Waals surface area contributed by atoms with E-state index >= 15 is 0 Å². The van der Waals surface area contributed by atoms with E-state index in [1.54, 1.807) is 0 Å². The number of piperidine rings is 1. The van der Waals surface area contributed by atoms with Crippen LogP contribution in [0.4, 0.5) is 5.69 Å². The lowest BCUT2D eigenvalue weighted by molar-refractivity contribution is -0.120. The zero-order valence-corrected chi connectivity index (χ0v) is 19.7. The molecule has 9 nitrogen and oxygen atoms in total. The van der Waals surface area contributed by atoms with E-state index in [0.29, 0.717) is 31.7 Å². The van der Waals surface area contributed by atoms with Gasteiger partial charge in [-0.25, -0.2) is 16.8 Å². The van der Waals surface area contributed by atoms with Gasteiger partial charge in [0.15, 0.2) is 0 Å². The number of hydrogen-bond acceptors (Lipinski definition) is 6. The molecule has 11 heteroatoms. The van der Waals surface area contributed by atoms with Crippen LogP contribution >= 0.6 is 0 Å². The van der Waals surface area contributed by atoms with Crippen molar-refractivity contribution in [2.45, 2.75) is 55.9 Å². The summed E-state index contributed by atoms with van der Waals surface area (Å²) in [6.45, 7) is 1.24. The maximum atomic E-state index is 13.1. The Kier molecular flexibility index (Phi) is 7.61. The SMILES string of the molecule is COc1ccc(S(=O)(=O)N2CCCCCC2)cc1NC(=O)[C@@H]1CCCCN1S(C)(=O)=O. The molecular formula is C20H31N3O6S2. The molecule has 2 fully saturated rings. The minimum absolute atomic E-state index is 0.0779. The van der Waals surface area contributed by atoms with Gasteiger partial charge in [0, 0.05) is 19.6 Å². The number of carbonyl (C=O) groups is 1. The monoisotopic (exact) mass is 473 g/mol.